The Hall–Kier alpha value is -2.60. The van der Waals surface area contributed by atoms with Gasteiger partial charge in [0.2, 0.25) is 0 Å². The summed E-state index contributed by atoms with van der Waals surface area (Å²) in [7, 11) is 1.71. The van der Waals surface area contributed by atoms with Crippen molar-refractivity contribution in [3.8, 4) is 5.75 Å². The van der Waals surface area contributed by atoms with Crippen LogP contribution in [0.4, 0.5) is 0 Å². The van der Waals surface area contributed by atoms with Gasteiger partial charge in [0.05, 0.1) is 7.11 Å². The number of fused-ring (bicyclic) bond motifs is 4. The van der Waals surface area contributed by atoms with Crippen LogP contribution >= 0.6 is 0 Å². The monoisotopic (exact) mass is 434 g/mol. The van der Waals surface area contributed by atoms with Crippen LogP contribution in [0.1, 0.15) is 52.0 Å². The first kappa shape index (κ1) is 20.0. The number of likely N-dealkylation sites (tertiary alicyclic amines) is 1. The molecule has 2 heterocycles. The van der Waals surface area contributed by atoms with Crippen molar-refractivity contribution in [2.24, 2.45) is 17.8 Å². The van der Waals surface area contributed by atoms with Crippen molar-refractivity contribution in [1.29, 1.82) is 0 Å². The van der Waals surface area contributed by atoms with Crippen molar-refractivity contribution in [1.82, 2.24) is 9.88 Å². The van der Waals surface area contributed by atoms with Crippen molar-refractivity contribution in [2.75, 3.05) is 20.2 Å². The van der Waals surface area contributed by atoms with Gasteiger partial charge in [0.15, 0.2) is 0 Å². The number of hydrogen-bond donors (Lipinski definition) is 2. The summed E-state index contributed by atoms with van der Waals surface area (Å²) in [5, 5.41) is 9.49. The van der Waals surface area contributed by atoms with Gasteiger partial charge in [-0.3, -0.25) is 9.69 Å². The van der Waals surface area contributed by atoms with E-state index in [1.165, 1.54) is 30.5 Å². The number of aromatic nitrogens is 1. The Balaban J connectivity index is 1.48. The van der Waals surface area contributed by atoms with Gasteiger partial charge in [-0.2, -0.15) is 0 Å². The van der Waals surface area contributed by atoms with Gasteiger partial charge in [-0.15, -0.1) is 0 Å². The first-order chi connectivity index (χ1) is 15.4. The fourth-order valence-corrected chi connectivity index (χ4v) is 7.09. The molecule has 32 heavy (non-hydrogen) atoms. The topological polar surface area (TPSA) is 82.6 Å². The van der Waals surface area contributed by atoms with Crippen molar-refractivity contribution in [3.05, 3.63) is 62.6 Å². The minimum atomic E-state index is -1.15. The third-order valence-corrected chi connectivity index (χ3v) is 8.67. The number of aromatic amines is 1. The lowest BCUT2D eigenvalue weighted by atomic mass is 9.62. The molecule has 168 valence electrons. The van der Waals surface area contributed by atoms with Crippen LogP contribution in [0.25, 0.3) is 0 Å². The summed E-state index contributed by atoms with van der Waals surface area (Å²) in [6.07, 6.45) is 5.38. The SMILES string of the molecule is COc1ccc(C)c(C23Cc4[nH]c(=O)c(C(=O)O)cc4CC2C2C(CN2CC2CC2)C3)c1. The Morgan fingerprint density at radius 3 is 2.84 bits per heavy atom. The maximum atomic E-state index is 12.5. The van der Waals surface area contributed by atoms with Crippen molar-refractivity contribution in [2.45, 2.75) is 50.5 Å². The molecule has 0 spiro atoms. The molecule has 0 radical (unpaired) electrons. The Morgan fingerprint density at radius 2 is 2.12 bits per heavy atom. The smallest absolute Gasteiger partial charge is 0.341 e. The fraction of sp³-hybridized carbons (Fsp3) is 0.538. The third-order valence-electron chi connectivity index (χ3n) is 8.67. The molecular formula is C26H30N2O4. The minimum Gasteiger partial charge on any atom is -0.497 e. The van der Waals surface area contributed by atoms with Crippen LogP contribution in [0.15, 0.2) is 29.1 Å². The summed E-state index contributed by atoms with van der Waals surface area (Å²) in [5.74, 6) is 1.64. The minimum absolute atomic E-state index is 0.0626. The van der Waals surface area contributed by atoms with Crippen LogP contribution in [0.5, 0.6) is 5.75 Å². The van der Waals surface area contributed by atoms with Crippen LogP contribution in [0, 0.1) is 24.7 Å². The lowest BCUT2D eigenvalue weighted by Crippen LogP contribution is -2.58. The summed E-state index contributed by atoms with van der Waals surface area (Å²) in [6.45, 7) is 4.54. The van der Waals surface area contributed by atoms with Gasteiger partial charge in [0, 0.05) is 30.2 Å². The van der Waals surface area contributed by atoms with E-state index in [4.69, 9.17) is 4.74 Å². The number of carboxylic acid groups (broad SMARTS) is 1. The largest absolute Gasteiger partial charge is 0.497 e. The number of nitrogens with zero attached hydrogens (tertiary/aromatic N) is 1. The molecule has 6 heteroatoms. The maximum absolute atomic E-state index is 12.5. The molecule has 4 atom stereocenters. The van der Waals surface area contributed by atoms with Gasteiger partial charge in [-0.25, -0.2) is 4.79 Å². The first-order valence-electron chi connectivity index (χ1n) is 11.8. The molecule has 1 aliphatic heterocycles. The van der Waals surface area contributed by atoms with Crippen LogP contribution in [-0.2, 0) is 18.3 Å². The van der Waals surface area contributed by atoms with Crippen molar-refractivity contribution in [3.63, 3.8) is 0 Å². The first-order valence-corrected chi connectivity index (χ1v) is 11.8. The highest BCUT2D eigenvalue weighted by atomic mass is 16.5. The van der Waals surface area contributed by atoms with E-state index in [0.29, 0.717) is 17.9 Å². The zero-order chi connectivity index (χ0) is 22.2. The number of pyridine rings is 1. The molecule has 1 aromatic heterocycles. The van der Waals surface area contributed by atoms with E-state index >= 15 is 0 Å². The molecule has 4 aliphatic rings. The average Bonchev–Trinajstić information content (AvgIpc) is 3.53. The van der Waals surface area contributed by atoms with Crippen molar-refractivity contribution >= 4 is 5.97 Å². The number of methoxy groups -OCH3 is 1. The standard InChI is InChI=1S/C26H30N2O4/c1-14-3-6-18(32-2)9-20(14)26-10-17-13-28(12-15-4-5-15)23(17)21(26)8-16-7-19(25(30)31)24(29)27-22(16)11-26/h3,6-7,9,15,17,21,23H,4-5,8,10-13H2,1-2H3,(H,27,29)(H,30,31). The number of carbonyl (C=O) groups is 1. The van der Waals surface area contributed by atoms with Gasteiger partial charge < -0.3 is 14.8 Å². The van der Waals surface area contributed by atoms with Gasteiger partial charge in [0.1, 0.15) is 11.3 Å². The van der Waals surface area contributed by atoms with Crippen LogP contribution < -0.4 is 10.3 Å². The van der Waals surface area contributed by atoms with E-state index < -0.39 is 11.5 Å². The molecule has 6 nitrogen and oxygen atoms in total. The average molecular weight is 435 g/mol. The van der Waals surface area contributed by atoms with E-state index in [1.54, 1.807) is 13.2 Å². The highest BCUT2D eigenvalue weighted by Gasteiger charge is 2.62. The van der Waals surface area contributed by atoms with E-state index in [1.807, 2.05) is 6.07 Å². The molecule has 3 aliphatic carbocycles. The predicted octanol–water partition coefficient (Wildman–Crippen LogP) is 3.16. The molecule has 6 rings (SSSR count). The zero-order valence-corrected chi connectivity index (χ0v) is 18.7. The zero-order valence-electron chi connectivity index (χ0n) is 18.7. The molecular weight excluding hydrogens is 404 g/mol. The Morgan fingerprint density at radius 1 is 1.31 bits per heavy atom. The van der Waals surface area contributed by atoms with E-state index in [0.717, 1.165) is 48.7 Å². The van der Waals surface area contributed by atoms with Gasteiger partial charge in [-0.1, -0.05) is 6.07 Å². The molecule has 3 fully saturated rings. The normalized spacial score (nSPS) is 30.8. The Labute approximate surface area is 187 Å². The van der Waals surface area contributed by atoms with Crippen LogP contribution in [-0.4, -0.2) is 47.2 Å². The lowest BCUT2D eigenvalue weighted by molar-refractivity contribution is 0.00552. The predicted molar refractivity (Wildman–Crippen MR) is 121 cm³/mol. The summed E-state index contributed by atoms with van der Waals surface area (Å²) in [4.78, 5) is 29.7. The Bertz CT molecular complexity index is 1170. The molecule has 1 aromatic carbocycles. The number of hydrogen-bond acceptors (Lipinski definition) is 4. The number of aromatic carboxylic acids is 1. The number of aryl methyl sites for hydroxylation is 1. The van der Waals surface area contributed by atoms with Gasteiger partial charge in [-0.05, 0) is 91.7 Å². The summed E-state index contributed by atoms with van der Waals surface area (Å²) in [6, 6.07) is 8.54. The number of H-pyrrole nitrogens is 1. The van der Waals surface area contributed by atoms with Crippen molar-refractivity contribution < 1.29 is 14.6 Å². The van der Waals surface area contributed by atoms with Crippen LogP contribution in [0.2, 0.25) is 0 Å². The highest BCUT2D eigenvalue weighted by Crippen LogP contribution is 2.60. The molecule has 2 N–H and O–H groups in total. The van der Waals surface area contributed by atoms with E-state index in [2.05, 4.69) is 28.9 Å². The second-order valence-electron chi connectivity index (χ2n) is 10.5. The fourth-order valence-electron chi connectivity index (χ4n) is 7.09. The molecule has 2 saturated carbocycles. The van der Waals surface area contributed by atoms with Gasteiger partial charge in [0.25, 0.3) is 5.56 Å². The summed E-state index contributed by atoms with van der Waals surface area (Å²) in [5.41, 5.74) is 3.80. The molecule has 0 bridgehead atoms. The number of rotatable bonds is 5. The number of ether oxygens (including phenoxy) is 1. The summed E-state index contributed by atoms with van der Waals surface area (Å²) < 4.78 is 5.59. The molecule has 4 unspecified atom stereocenters. The number of benzene rings is 1. The van der Waals surface area contributed by atoms with Gasteiger partial charge >= 0.3 is 5.97 Å². The van der Waals surface area contributed by atoms with E-state index in [-0.39, 0.29) is 11.0 Å². The second-order valence-corrected chi connectivity index (χ2v) is 10.5. The third kappa shape index (κ3) is 2.88. The number of nitrogens with one attached hydrogen (secondary N) is 1. The maximum Gasteiger partial charge on any atom is 0.341 e. The Kier molecular flexibility index (Phi) is 4.35. The highest BCUT2D eigenvalue weighted by molar-refractivity contribution is 5.87. The van der Waals surface area contributed by atoms with Crippen LogP contribution in [0.3, 0.4) is 0 Å². The quantitative estimate of drug-likeness (QED) is 0.756. The lowest BCUT2D eigenvalue weighted by Gasteiger charge is -2.49. The summed E-state index contributed by atoms with van der Waals surface area (Å²) >= 11 is 0. The molecule has 2 aromatic rings. The molecule has 1 saturated heterocycles. The van der Waals surface area contributed by atoms with E-state index in [9.17, 15) is 14.7 Å². The second kappa shape index (κ2) is 6.95. The molecule has 0 amide bonds. The number of carboxylic acids is 1.